The molecule has 3 aromatic heterocycles. The van der Waals surface area contributed by atoms with Gasteiger partial charge in [0.15, 0.2) is 11.2 Å². The Bertz CT molecular complexity index is 1590. The zero-order valence-corrected chi connectivity index (χ0v) is 24.9. The molecule has 2 N–H and O–H groups in total. The molecule has 0 spiro atoms. The molecule has 1 unspecified atom stereocenters. The summed E-state index contributed by atoms with van der Waals surface area (Å²) < 4.78 is 17.6. The van der Waals surface area contributed by atoms with E-state index in [4.69, 9.17) is 0 Å². The Kier molecular flexibility index (Phi) is 8.78. The van der Waals surface area contributed by atoms with Gasteiger partial charge in [-0.3, -0.25) is 14.9 Å². The Labute approximate surface area is 258 Å². The molecule has 1 saturated heterocycles. The van der Waals surface area contributed by atoms with Crippen molar-refractivity contribution in [2.24, 2.45) is 0 Å². The van der Waals surface area contributed by atoms with E-state index in [9.17, 15) is 9.59 Å². The quantitative estimate of drug-likeness (QED) is 0.330. The van der Waals surface area contributed by atoms with Gasteiger partial charge in [0.2, 0.25) is 0 Å². The van der Waals surface area contributed by atoms with Crippen molar-refractivity contribution in [3.05, 3.63) is 76.7 Å². The molecule has 3 aliphatic heterocycles. The molecule has 7 rings (SSSR count). The second-order valence-corrected chi connectivity index (χ2v) is 11.1. The normalized spacial score (nSPS) is 16.4. The van der Waals surface area contributed by atoms with Crippen LogP contribution in [0, 0.1) is 5.82 Å². The third-order valence-corrected chi connectivity index (χ3v) is 8.50. The number of amides is 2. The summed E-state index contributed by atoms with van der Waals surface area (Å²) in [6.07, 6.45) is 6.74. The van der Waals surface area contributed by atoms with Crippen molar-refractivity contribution in [3.8, 4) is 11.1 Å². The summed E-state index contributed by atoms with van der Waals surface area (Å²) in [4.78, 5) is 44.4. The predicted molar refractivity (Wildman–Crippen MR) is 163 cm³/mol. The number of rotatable bonds is 6. The van der Waals surface area contributed by atoms with Crippen molar-refractivity contribution in [1.82, 2.24) is 29.7 Å². The molecule has 1 atom stereocenters. The molecule has 1 aromatic carbocycles. The van der Waals surface area contributed by atoms with Gasteiger partial charge in [-0.1, -0.05) is 0 Å². The Morgan fingerprint density at radius 2 is 1.90 bits per heavy atom. The average molecular weight is 632 g/mol. The summed E-state index contributed by atoms with van der Waals surface area (Å²) in [6.45, 7) is 4.35. The standard InChI is InChI=1S/C28H27FN8O2S.2ClH/c29-21-13-18(17-3-4-23(32-14-17)35-9-5-30-6-10-35)12-19-20(21)15-37(27(19)39)25(26(38)34-28-31-7-11-40-28)24-22-2-1-8-36(22)16-33-24;;/h3-4,7,11-14,16,25,30H,1-2,5-6,8-10,15H2,(H,31,34,38);2*1H. The summed E-state index contributed by atoms with van der Waals surface area (Å²) in [5.41, 5.74) is 3.28. The largest absolute Gasteiger partial charge is 0.354 e. The average Bonchev–Trinajstić information content (AvgIpc) is 3.78. The van der Waals surface area contributed by atoms with Crippen LogP contribution in [0.5, 0.6) is 0 Å². The fourth-order valence-corrected chi connectivity index (χ4v) is 6.33. The lowest BCUT2D eigenvalue weighted by molar-refractivity contribution is -0.121. The van der Waals surface area contributed by atoms with Crippen molar-refractivity contribution in [3.63, 3.8) is 0 Å². The van der Waals surface area contributed by atoms with E-state index in [1.165, 1.54) is 22.3 Å². The minimum Gasteiger partial charge on any atom is -0.354 e. The molecule has 14 heteroatoms. The first-order chi connectivity index (χ1) is 19.6. The van der Waals surface area contributed by atoms with Crippen LogP contribution in [0.4, 0.5) is 15.3 Å². The van der Waals surface area contributed by atoms with Crippen LogP contribution in [0.25, 0.3) is 11.1 Å². The fourth-order valence-electron chi connectivity index (χ4n) is 5.80. The molecule has 0 bridgehead atoms. The van der Waals surface area contributed by atoms with Crippen molar-refractivity contribution in [2.75, 3.05) is 36.4 Å². The maximum atomic E-state index is 15.5. The number of piperazine rings is 1. The summed E-state index contributed by atoms with van der Waals surface area (Å²) in [5.74, 6) is -0.433. The maximum Gasteiger partial charge on any atom is 0.255 e. The van der Waals surface area contributed by atoms with Crippen LogP contribution in [0.2, 0.25) is 0 Å². The van der Waals surface area contributed by atoms with Gasteiger partial charge < -0.3 is 19.7 Å². The van der Waals surface area contributed by atoms with Gasteiger partial charge >= 0.3 is 0 Å². The second-order valence-electron chi connectivity index (χ2n) is 10.2. The number of hydrogen-bond acceptors (Lipinski definition) is 8. The van der Waals surface area contributed by atoms with E-state index in [-0.39, 0.29) is 42.5 Å². The van der Waals surface area contributed by atoms with Gasteiger partial charge in [0.25, 0.3) is 11.8 Å². The smallest absolute Gasteiger partial charge is 0.255 e. The van der Waals surface area contributed by atoms with E-state index in [0.29, 0.717) is 16.4 Å². The van der Waals surface area contributed by atoms with E-state index >= 15 is 4.39 Å². The third-order valence-electron chi connectivity index (χ3n) is 7.81. The highest BCUT2D eigenvalue weighted by molar-refractivity contribution is 7.13. The van der Waals surface area contributed by atoms with E-state index in [0.717, 1.165) is 62.6 Å². The first kappa shape index (κ1) is 29.9. The summed E-state index contributed by atoms with van der Waals surface area (Å²) in [7, 11) is 0. The molecule has 6 heterocycles. The SMILES string of the molecule is Cl.Cl.O=C(Nc1nccs1)C(c1ncn2c1CCC2)N1Cc2c(F)cc(-c3ccc(N4CCNCC4)nc3)cc2C1=O. The Morgan fingerprint density at radius 1 is 1.07 bits per heavy atom. The lowest BCUT2D eigenvalue weighted by Crippen LogP contribution is -2.43. The number of aryl methyl sites for hydroxylation is 1. The molecule has 1 fully saturated rings. The molecule has 4 aromatic rings. The van der Waals surface area contributed by atoms with Gasteiger partial charge in [0.1, 0.15) is 11.6 Å². The van der Waals surface area contributed by atoms with Crippen LogP contribution < -0.4 is 15.5 Å². The minimum atomic E-state index is -1.01. The Balaban J connectivity index is 0.00000176. The number of nitrogens with zero attached hydrogens (tertiary/aromatic N) is 6. The van der Waals surface area contributed by atoms with Crippen LogP contribution in [-0.4, -0.2) is 62.4 Å². The summed E-state index contributed by atoms with van der Waals surface area (Å²) >= 11 is 1.29. The summed E-state index contributed by atoms with van der Waals surface area (Å²) in [6, 6.07) is 5.96. The number of fused-ring (bicyclic) bond motifs is 2. The van der Waals surface area contributed by atoms with Crippen molar-refractivity contribution < 1.29 is 14.0 Å². The van der Waals surface area contributed by atoms with Crippen LogP contribution in [-0.2, 0) is 24.3 Å². The minimum absolute atomic E-state index is 0. The topological polar surface area (TPSA) is 108 Å². The molecule has 0 aliphatic carbocycles. The van der Waals surface area contributed by atoms with E-state index in [1.54, 1.807) is 30.2 Å². The van der Waals surface area contributed by atoms with E-state index in [2.05, 4.69) is 30.5 Å². The van der Waals surface area contributed by atoms with Crippen molar-refractivity contribution >= 4 is 58.9 Å². The first-order valence-corrected chi connectivity index (χ1v) is 14.2. The predicted octanol–water partition coefficient (Wildman–Crippen LogP) is 4.08. The van der Waals surface area contributed by atoms with Crippen molar-refractivity contribution in [1.29, 1.82) is 0 Å². The van der Waals surface area contributed by atoms with Crippen LogP contribution >= 0.6 is 36.2 Å². The Morgan fingerprint density at radius 3 is 2.64 bits per heavy atom. The number of nitrogens with one attached hydrogen (secondary N) is 2. The lowest BCUT2D eigenvalue weighted by atomic mass is 10.0. The first-order valence-electron chi connectivity index (χ1n) is 13.4. The molecular formula is C28H29Cl2FN8O2S. The maximum absolute atomic E-state index is 15.5. The number of halogens is 3. The van der Waals surface area contributed by atoms with E-state index in [1.807, 2.05) is 16.7 Å². The number of benzene rings is 1. The third kappa shape index (κ3) is 5.35. The van der Waals surface area contributed by atoms with Crippen LogP contribution in [0.3, 0.4) is 0 Å². The van der Waals surface area contributed by atoms with Crippen LogP contribution in [0.15, 0.2) is 48.4 Å². The van der Waals surface area contributed by atoms with Crippen LogP contribution in [0.1, 0.15) is 39.8 Å². The van der Waals surface area contributed by atoms with E-state index < -0.39 is 23.7 Å². The zero-order chi connectivity index (χ0) is 27.2. The number of anilines is 2. The lowest BCUT2D eigenvalue weighted by Gasteiger charge is -2.28. The number of aromatic nitrogens is 4. The molecule has 0 radical (unpaired) electrons. The second kappa shape index (κ2) is 12.3. The number of imidazole rings is 1. The number of carbonyl (C=O) groups is 2. The van der Waals surface area contributed by atoms with Gasteiger partial charge in [0.05, 0.1) is 18.6 Å². The summed E-state index contributed by atoms with van der Waals surface area (Å²) in [5, 5.41) is 8.34. The molecule has 10 nitrogen and oxygen atoms in total. The molecule has 2 amide bonds. The highest BCUT2D eigenvalue weighted by Gasteiger charge is 2.42. The number of thiazole rings is 1. The Hall–Kier alpha value is -3.58. The molecule has 3 aliphatic rings. The molecule has 220 valence electrons. The molecular weight excluding hydrogens is 602 g/mol. The van der Waals surface area contributed by atoms with Gasteiger partial charge in [0, 0.05) is 72.9 Å². The van der Waals surface area contributed by atoms with Gasteiger partial charge in [-0.25, -0.2) is 19.3 Å². The van der Waals surface area contributed by atoms with Crippen molar-refractivity contribution in [2.45, 2.75) is 32.0 Å². The zero-order valence-electron chi connectivity index (χ0n) is 22.5. The fraction of sp³-hybridized carbons (Fsp3) is 0.321. The molecule has 0 saturated carbocycles. The van der Waals surface area contributed by atoms with Gasteiger partial charge in [-0.05, 0) is 42.7 Å². The highest BCUT2D eigenvalue weighted by Crippen LogP contribution is 2.38. The number of carbonyl (C=O) groups excluding carboxylic acids is 2. The van der Waals surface area contributed by atoms with Gasteiger partial charge in [-0.2, -0.15) is 0 Å². The van der Waals surface area contributed by atoms with Gasteiger partial charge in [-0.15, -0.1) is 36.2 Å². The number of pyridine rings is 1. The number of hydrogen-bond donors (Lipinski definition) is 2. The molecule has 42 heavy (non-hydrogen) atoms. The monoisotopic (exact) mass is 630 g/mol. The highest BCUT2D eigenvalue weighted by atomic mass is 35.5.